The smallest absolute Gasteiger partial charge is 0.325 e. The molecule has 0 fully saturated rings. The highest BCUT2D eigenvalue weighted by Crippen LogP contribution is 2.30. The van der Waals surface area contributed by atoms with Crippen LogP contribution in [-0.2, 0) is 0 Å². The molecule has 1 unspecified atom stereocenters. The molecule has 0 aliphatic rings. The lowest BCUT2D eigenvalue weighted by Gasteiger charge is -2.20. The lowest BCUT2D eigenvalue weighted by Crippen LogP contribution is -2.11. The van der Waals surface area contributed by atoms with Gasteiger partial charge in [0.1, 0.15) is 11.5 Å². The summed E-state index contributed by atoms with van der Waals surface area (Å²) in [5.41, 5.74) is 2.60. The van der Waals surface area contributed by atoms with Crippen molar-refractivity contribution in [2.75, 3.05) is 11.9 Å². The van der Waals surface area contributed by atoms with Gasteiger partial charge in [0.05, 0.1) is 17.1 Å². The zero-order valence-electron chi connectivity index (χ0n) is 17.6. The first-order chi connectivity index (χ1) is 15.4. The maximum atomic E-state index is 13.7. The van der Waals surface area contributed by atoms with Gasteiger partial charge in [-0.1, -0.05) is 6.58 Å². The van der Waals surface area contributed by atoms with E-state index in [0.29, 0.717) is 28.0 Å². The Morgan fingerprint density at radius 1 is 1.00 bits per heavy atom. The predicted octanol–water partition coefficient (Wildman–Crippen LogP) is 5.54. The minimum Gasteiger partial charge on any atom is -0.493 e. The summed E-state index contributed by atoms with van der Waals surface area (Å²) in [4.78, 5) is 14.2. The molecular formula is C24H21FN4O3. The summed E-state index contributed by atoms with van der Waals surface area (Å²) in [5.74, 6) is 0.774. The molecule has 0 amide bonds. The second-order valence-electron chi connectivity index (χ2n) is 7.15. The zero-order chi connectivity index (χ0) is 22.7. The molecule has 0 radical (unpaired) electrons. The molecule has 7 nitrogen and oxygen atoms in total. The van der Waals surface area contributed by atoms with Crippen molar-refractivity contribution in [1.82, 2.24) is 15.0 Å². The van der Waals surface area contributed by atoms with Gasteiger partial charge in [0.15, 0.2) is 0 Å². The lowest BCUT2D eigenvalue weighted by atomic mass is 10.2. The maximum absolute atomic E-state index is 13.7. The Bertz CT molecular complexity index is 1250. The van der Waals surface area contributed by atoms with Gasteiger partial charge in [-0.15, -0.1) is 0 Å². The number of hydrogen-bond donors (Lipinski definition) is 1. The Morgan fingerprint density at radius 3 is 2.25 bits per heavy atom. The largest absolute Gasteiger partial charge is 0.493 e. The summed E-state index contributed by atoms with van der Waals surface area (Å²) < 4.78 is 24.5. The Balaban J connectivity index is 1.46. The number of aromatic hydroxyl groups is 1. The number of hydrogen-bond acceptors (Lipinski definition) is 7. The van der Waals surface area contributed by atoms with E-state index in [4.69, 9.17) is 9.47 Å². The maximum Gasteiger partial charge on any atom is 0.325 e. The minimum atomic E-state index is -1.53. The summed E-state index contributed by atoms with van der Waals surface area (Å²) in [6.45, 7) is 5.12. The van der Waals surface area contributed by atoms with Crippen LogP contribution in [0.2, 0.25) is 0 Å². The predicted molar refractivity (Wildman–Crippen MR) is 120 cm³/mol. The number of ether oxygens (including phenoxy) is 2. The summed E-state index contributed by atoms with van der Waals surface area (Å²) in [6.07, 6.45) is 1.56. The van der Waals surface area contributed by atoms with Crippen LogP contribution < -0.4 is 14.4 Å². The monoisotopic (exact) mass is 432 g/mol. The van der Waals surface area contributed by atoms with Crippen LogP contribution in [0.3, 0.4) is 0 Å². The molecular weight excluding hydrogens is 411 g/mol. The summed E-state index contributed by atoms with van der Waals surface area (Å²) in [7, 11) is 1.91. The SMILES string of the molecule is C=C(C)C(F)Oc1ccc(N(C)c2ccc(Oc3nc(O)c4ccncc4n3)cc2)cc1. The molecule has 2 heterocycles. The van der Waals surface area contributed by atoms with Crippen molar-refractivity contribution in [2.45, 2.75) is 13.3 Å². The second-order valence-corrected chi connectivity index (χ2v) is 7.15. The molecule has 162 valence electrons. The minimum absolute atomic E-state index is 0.0284. The number of halogens is 1. The number of aromatic nitrogens is 3. The highest BCUT2D eigenvalue weighted by atomic mass is 19.1. The molecule has 8 heteroatoms. The quantitative estimate of drug-likeness (QED) is 0.384. The first-order valence-electron chi connectivity index (χ1n) is 9.79. The molecule has 0 aliphatic heterocycles. The van der Waals surface area contributed by atoms with Crippen LogP contribution in [-0.4, -0.2) is 33.5 Å². The van der Waals surface area contributed by atoms with Crippen LogP contribution in [0.15, 0.2) is 79.1 Å². The number of anilines is 2. The van der Waals surface area contributed by atoms with Gasteiger partial charge in [-0.25, -0.2) is 0 Å². The third kappa shape index (κ3) is 4.59. The van der Waals surface area contributed by atoms with Gasteiger partial charge in [0.2, 0.25) is 5.88 Å². The average Bonchev–Trinajstić information content (AvgIpc) is 2.79. The van der Waals surface area contributed by atoms with Crippen molar-refractivity contribution in [3.63, 3.8) is 0 Å². The number of pyridine rings is 1. The van der Waals surface area contributed by atoms with Gasteiger partial charge in [-0.05, 0) is 67.1 Å². The van der Waals surface area contributed by atoms with E-state index < -0.39 is 6.36 Å². The van der Waals surface area contributed by atoms with Crippen LogP contribution in [0, 0.1) is 0 Å². The molecule has 4 aromatic rings. The average molecular weight is 432 g/mol. The first kappa shape index (κ1) is 21.0. The van der Waals surface area contributed by atoms with E-state index in [9.17, 15) is 9.50 Å². The number of nitrogens with zero attached hydrogens (tertiary/aromatic N) is 4. The summed E-state index contributed by atoms with van der Waals surface area (Å²) in [5, 5.41) is 10.6. The standard InChI is InChI=1S/C24H21FN4O3/c1-15(2)22(25)31-18-8-4-16(5-9-18)29(3)17-6-10-19(11-7-17)32-24-27-21-14-26-13-12-20(21)23(30)28-24/h4-14,22H,1H2,2-3H3,(H,27,28,30). The van der Waals surface area contributed by atoms with Crippen LogP contribution in [0.25, 0.3) is 10.9 Å². The third-order valence-corrected chi connectivity index (χ3v) is 4.74. The van der Waals surface area contributed by atoms with Gasteiger partial charge in [0.25, 0.3) is 6.36 Å². The topological polar surface area (TPSA) is 80.6 Å². The lowest BCUT2D eigenvalue weighted by molar-refractivity contribution is 0.103. The molecule has 2 aromatic carbocycles. The van der Waals surface area contributed by atoms with E-state index in [0.717, 1.165) is 11.4 Å². The fourth-order valence-electron chi connectivity index (χ4n) is 2.95. The van der Waals surface area contributed by atoms with Crippen LogP contribution >= 0.6 is 0 Å². The first-order valence-corrected chi connectivity index (χ1v) is 9.79. The van der Waals surface area contributed by atoms with Gasteiger partial charge >= 0.3 is 6.01 Å². The molecule has 0 spiro atoms. The molecule has 0 saturated heterocycles. The molecule has 1 N–H and O–H groups in total. The van der Waals surface area contributed by atoms with E-state index in [1.165, 1.54) is 6.20 Å². The van der Waals surface area contributed by atoms with Crippen molar-refractivity contribution in [1.29, 1.82) is 0 Å². The Morgan fingerprint density at radius 2 is 1.62 bits per heavy atom. The number of benzene rings is 2. The molecule has 1 atom stereocenters. The Labute approximate surface area is 184 Å². The second kappa shape index (κ2) is 8.89. The highest BCUT2D eigenvalue weighted by molar-refractivity contribution is 5.82. The zero-order valence-corrected chi connectivity index (χ0v) is 17.6. The molecule has 4 rings (SSSR count). The Kier molecular flexibility index (Phi) is 5.85. The van der Waals surface area contributed by atoms with Gasteiger partial charge in [0, 0.05) is 24.6 Å². The van der Waals surface area contributed by atoms with Crippen molar-refractivity contribution < 1.29 is 19.0 Å². The van der Waals surface area contributed by atoms with E-state index in [-0.39, 0.29) is 11.9 Å². The van der Waals surface area contributed by atoms with Gasteiger partial charge < -0.3 is 19.5 Å². The van der Waals surface area contributed by atoms with Crippen molar-refractivity contribution in [3.05, 3.63) is 79.1 Å². The van der Waals surface area contributed by atoms with E-state index >= 15 is 0 Å². The van der Waals surface area contributed by atoms with Crippen LogP contribution in [0.4, 0.5) is 15.8 Å². The fourth-order valence-corrected chi connectivity index (χ4v) is 2.95. The van der Waals surface area contributed by atoms with E-state index in [2.05, 4.69) is 21.5 Å². The molecule has 32 heavy (non-hydrogen) atoms. The van der Waals surface area contributed by atoms with Gasteiger partial charge in [-0.2, -0.15) is 14.4 Å². The van der Waals surface area contributed by atoms with E-state index in [1.807, 2.05) is 36.2 Å². The van der Waals surface area contributed by atoms with E-state index in [1.54, 1.807) is 43.5 Å². The Hall–Kier alpha value is -4.20. The normalized spacial score (nSPS) is 11.7. The summed E-state index contributed by atoms with van der Waals surface area (Å²) in [6, 6.07) is 16.1. The van der Waals surface area contributed by atoms with Gasteiger partial charge in [-0.3, -0.25) is 4.98 Å². The number of fused-ring (bicyclic) bond motifs is 1. The molecule has 2 aromatic heterocycles. The third-order valence-electron chi connectivity index (χ3n) is 4.74. The summed E-state index contributed by atoms with van der Waals surface area (Å²) >= 11 is 0. The molecule has 0 aliphatic carbocycles. The number of rotatable bonds is 7. The van der Waals surface area contributed by atoms with Crippen molar-refractivity contribution in [2.24, 2.45) is 0 Å². The van der Waals surface area contributed by atoms with Crippen molar-refractivity contribution >= 4 is 22.3 Å². The molecule has 0 saturated carbocycles. The van der Waals surface area contributed by atoms with Crippen LogP contribution in [0.5, 0.6) is 23.4 Å². The highest BCUT2D eigenvalue weighted by Gasteiger charge is 2.11. The number of alkyl halides is 1. The van der Waals surface area contributed by atoms with Crippen molar-refractivity contribution in [3.8, 4) is 23.4 Å². The molecule has 0 bridgehead atoms. The fraction of sp³-hybridized carbons (Fsp3) is 0.125. The van der Waals surface area contributed by atoms with Crippen LogP contribution in [0.1, 0.15) is 6.92 Å².